The van der Waals surface area contributed by atoms with E-state index >= 15 is 0 Å². The molecule has 0 fully saturated rings. The molecule has 0 spiro atoms. The molecule has 1 N–H and O–H groups in total. The van der Waals surface area contributed by atoms with Crippen molar-refractivity contribution in [1.82, 2.24) is 0 Å². The van der Waals surface area contributed by atoms with Gasteiger partial charge in [0.2, 0.25) is 0 Å². The van der Waals surface area contributed by atoms with Crippen molar-refractivity contribution in [2.24, 2.45) is 0 Å². The van der Waals surface area contributed by atoms with Crippen LogP contribution in [0.4, 0.5) is 0 Å². The lowest BCUT2D eigenvalue weighted by Gasteiger charge is -2.14. The Hall–Kier alpha value is -1.52. The predicted molar refractivity (Wildman–Crippen MR) is 72.6 cm³/mol. The number of thiophene rings is 1. The molecule has 0 aliphatic heterocycles. The van der Waals surface area contributed by atoms with Gasteiger partial charge in [-0.2, -0.15) is 0 Å². The van der Waals surface area contributed by atoms with Crippen LogP contribution in [0.1, 0.15) is 10.8 Å². The van der Waals surface area contributed by atoms with E-state index in [-0.39, 0.29) is 12.5 Å². The van der Waals surface area contributed by atoms with Crippen LogP contribution < -0.4 is 9.47 Å². The molecular formula is C14H16O3S. The maximum atomic E-state index is 9.38. The van der Waals surface area contributed by atoms with E-state index in [0.717, 1.165) is 16.4 Å². The smallest absolute Gasteiger partial charge is 0.123 e. The second kappa shape index (κ2) is 6.42. The molecule has 18 heavy (non-hydrogen) atoms. The third-order valence-corrected chi connectivity index (χ3v) is 3.69. The minimum atomic E-state index is 0.0243. The average molecular weight is 264 g/mol. The predicted octanol–water partition coefficient (Wildman–Crippen LogP) is 2.91. The maximum absolute atomic E-state index is 9.38. The van der Waals surface area contributed by atoms with Crippen molar-refractivity contribution >= 4 is 11.3 Å². The highest BCUT2D eigenvalue weighted by Crippen LogP contribution is 2.24. The van der Waals surface area contributed by atoms with E-state index in [1.165, 1.54) is 0 Å². The lowest BCUT2D eigenvalue weighted by atomic mass is 10.1. The van der Waals surface area contributed by atoms with Gasteiger partial charge < -0.3 is 14.6 Å². The highest BCUT2D eigenvalue weighted by atomic mass is 32.1. The first-order chi connectivity index (χ1) is 8.83. The molecule has 0 radical (unpaired) electrons. The van der Waals surface area contributed by atoms with Crippen molar-refractivity contribution < 1.29 is 14.6 Å². The molecule has 0 saturated heterocycles. The van der Waals surface area contributed by atoms with Crippen LogP contribution in [0.25, 0.3) is 0 Å². The Bertz CT molecular complexity index is 468. The van der Waals surface area contributed by atoms with E-state index in [9.17, 15) is 5.11 Å². The summed E-state index contributed by atoms with van der Waals surface area (Å²) in [6, 6.07) is 11.5. The molecule has 0 aliphatic rings. The molecule has 1 aromatic heterocycles. The third kappa shape index (κ3) is 3.24. The summed E-state index contributed by atoms with van der Waals surface area (Å²) in [5.74, 6) is 1.55. The van der Waals surface area contributed by atoms with Crippen molar-refractivity contribution in [3.05, 3.63) is 46.7 Å². The van der Waals surface area contributed by atoms with Gasteiger partial charge >= 0.3 is 0 Å². The Labute approximate surface area is 111 Å². The number of aliphatic hydroxyl groups is 1. The maximum Gasteiger partial charge on any atom is 0.123 e. The Balaban J connectivity index is 1.97. The second-order valence-electron chi connectivity index (χ2n) is 3.88. The van der Waals surface area contributed by atoms with Crippen molar-refractivity contribution in [3.8, 4) is 11.5 Å². The number of hydrogen-bond donors (Lipinski definition) is 1. The highest BCUT2D eigenvalue weighted by Gasteiger charge is 2.12. The fraction of sp³-hybridized carbons (Fsp3) is 0.286. The molecule has 2 rings (SSSR count). The van der Waals surface area contributed by atoms with Gasteiger partial charge in [-0.25, -0.2) is 0 Å². The second-order valence-corrected chi connectivity index (χ2v) is 4.86. The van der Waals surface area contributed by atoms with Crippen LogP contribution in [0.2, 0.25) is 0 Å². The van der Waals surface area contributed by atoms with E-state index < -0.39 is 0 Å². The van der Waals surface area contributed by atoms with Gasteiger partial charge in [0.05, 0.1) is 26.2 Å². The molecule has 1 unspecified atom stereocenters. The van der Waals surface area contributed by atoms with E-state index in [0.29, 0.717) is 6.61 Å². The summed E-state index contributed by atoms with van der Waals surface area (Å²) in [4.78, 5) is 1.14. The first kappa shape index (κ1) is 12.9. The van der Waals surface area contributed by atoms with Crippen molar-refractivity contribution in [2.75, 3.05) is 20.3 Å². The summed E-state index contributed by atoms with van der Waals surface area (Å²) in [6.45, 7) is 0.550. The van der Waals surface area contributed by atoms with Gasteiger partial charge in [0.15, 0.2) is 0 Å². The zero-order valence-corrected chi connectivity index (χ0v) is 11.0. The fourth-order valence-corrected chi connectivity index (χ4v) is 2.44. The number of rotatable bonds is 6. The number of aliphatic hydroxyl groups excluding tert-OH is 1. The normalized spacial score (nSPS) is 12.1. The van der Waals surface area contributed by atoms with Gasteiger partial charge in [0.25, 0.3) is 0 Å². The summed E-state index contributed by atoms with van der Waals surface area (Å²) in [7, 11) is 1.63. The molecule has 0 amide bonds. The van der Waals surface area contributed by atoms with Crippen LogP contribution in [-0.4, -0.2) is 25.4 Å². The quantitative estimate of drug-likeness (QED) is 0.872. The molecule has 3 nitrogen and oxygen atoms in total. The molecule has 1 atom stereocenters. The zero-order chi connectivity index (χ0) is 12.8. The van der Waals surface area contributed by atoms with Crippen molar-refractivity contribution in [1.29, 1.82) is 0 Å². The van der Waals surface area contributed by atoms with Gasteiger partial charge in [0.1, 0.15) is 11.5 Å². The summed E-state index contributed by atoms with van der Waals surface area (Å²) >= 11 is 1.63. The minimum absolute atomic E-state index is 0.0243. The van der Waals surface area contributed by atoms with E-state index in [1.807, 2.05) is 41.8 Å². The van der Waals surface area contributed by atoms with Gasteiger partial charge in [-0.05, 0) is 23.6 Å². The molecule has 96 valence electrons. The summed E-state index contributed by atoms with van der Waals surface area (Å²) in [6.07, 6.45) is 0. The molecule has 1 aromatic carbocycles. The topological polar surface area (TPSA) is 38.7 Å². The van der Waals surface area contributed by atoms with Gasteiger partial charge in [0, 0.05) is 10.9 Å². The Kier molecular flexibility index (Phi) is 4.61. The first-order valence-electron chi connectivity index (χ1n) is 5.74. The highest BCUT2D eigenvalue weighted by molar-refractivity contribution is 7.10. The molecule has 0 bridgehead atoms. The molecule has 0 saturated carbocycles. The Morgan fingerprint density at radius 1 is 1.22 bits per heavy atom. The average Bonchev–Trinajstić information content (AvgIpc) is 2.94. The summed E-state index contributed by atoms with van der Waals surface area (Å²) < 4.78 is 10.8. The van der Waals surface area contributed by atoms with Crippen molar-refractivity contribution in [3.63, 3.8) is 0 Å². The number of hydrogen-bond acceptors (Lipinski definition) is 4. The van der Waals surface area contributed by atoms with Crippen LogP contribution in [0.15, 0.2) is 41.8 Å². The minimum Gasteiger partial charge on any atom is -0.497 e. The van der Waals surface area contributed by atoms with Crippen LogP contribution >= 0.6 is 11.3 Å². The van der Waals surface area contributed by atoms with Crippen LogP contribution in [0, 0.1) is 0 Å². The van der Waals surface area contributed by atoms with Crippen LogP contribution in [-0.2, 0) is 0 Å². The number of ether oxygens (including phenoxy) is 2. The Morgan fingerprint density at radius 2 is 2.06 bits per heavy atom. The molecule has 2 aromatic rings. The Morgan fingerprint density at radius 3 is 2.72 bits per heavy atom. The standard InChI is InChI=1S/C14H16O3S/c1-16-12-4-2-5-13(8-12)17-10-11(9-15)14-6-3-7-18-14/h2-8,11,15H,9-10H2,1H3. The van der Waals surface area contributed by atoms with Crippen LogP contribution in [0.3, 0.4) is 0 Å². The lowest BCUT2D eigenvalue weighted by Crippen LogP contribution is -2.13. The molecule has 0 aliphatic carbocycles. The first-order valence-corrected chi connectivity index (χ1v) is 6.62. The lowest BCUT2D eigenvalue weighted by molar-refractivity contribution is 0.206. The monoisotopic (exact) mass is 264 g/mol. The van der Waals surface area contributed by atoms with Crippen molar-refractivity contribution in [2.45, 2.75) is 5.92 Å². The largest absolute Gasteiger partial charge is 0.497 e. The van der Waals surface area contributed by atoms with Crippen LogP contribution in [0.5, 0.6) is 11.5 Å². The summed E-state index contributed by atoms with van der Waals surface area (Å²) in [5.41, 5.74) is 0. The molecule has 1 heterocycles. The summed E-state index contributed by atoms with van der Waals surface area (Å²) in [5, 5.41) is 11.4. The number of methoxy groups -OCH3 is 1. The van der Waals surface area contributed by atoms with E-state index in [1.54, 1.807) is 18.4 Å². The third-order valence-electron chi connectivity index (χ3n) is 2.66. The van der Waals surface area contributed by atoms with Gasteiger partial charge in [-0.1, -0.05) is 12.1 Å². The zero-order valence-electron chi connectivity index (χ0n) is 10.2. The van der Waals surface area contributed by atoms with E-state index in [2.05, 4.69) is 0 Å². The van der Waals surface area contributed by atoms with Gasteiger partial charge in [-0.15, -0.1) is 11.3 Å². The van der Waals surface area contributed by atoms with Gasteiger partial charge in [-0.3, -0.25) is 0 Å². The fourth-order valence-electron chi connectivity index (χ4n) is 1.64. The molecule has 4 heteroatoms. The SMILES string of the molecule is COc1cccc(OCC(CO)c2cccs2)c1. The van der Waals surface area contributed by atoms with E-state index in [4.69, 9.17) is 9.47 Å². The number of benzene rings is 1. The molecular weight excluding hydrogens is 248 g/mol.